The number of ether oxygens (including phenoxy) is 3. The van der Waals surface area contributed by atoms with Gasteiger partial charge >= 0.3 is 5.97 Å². The number of rotatable bonds is 8. The van der Waals surface area contributed by atoms with Crippen LogP contribution in [0.1, 0.15) is 10.4 Å². The third-order valence-electron chi connectivity index (χ3n) is 2.18. The summed E-state index contributed by atoms with van der Waals surface area (Å²) in [6, 6.07) is 4.46. The van der Waals surface area contributed by atoms with Crippen LogP contribution < -0.4 is 10.5 Å². The molecule has 0 amide bonds. The Morgan fingerprint density at radius 3 is 2.61 bits per heavy atom. The lowest BCUT2D eigenvalue weighted by molar-refractivity contribution is 0.0544. The molecule has 6 heteroatoms. The molecule has 0 fully saturated rings. The summed E-state index contributed by atoms with van der Waals surface area (Å²) in [4.78, 5) is 10.7. The van der Waals surface area contributed by atoms with Crippen molar-refractivity contribution in [3.8, 4) is 5.75 Å². The zero-order valence-electron chi connectivity index (χ0n) is 10.2. The van der Waals surface area contributed by atoms with E-state index in [9.17, 15) is 4.79 Å². The highest BCUT2D eigenvalue weighted by atomic mass is 16.5. The van der Waals surface area contributed by atoms with Crippen molar-refractivity contribution in [3.05, 3.63) is 23.8 Å². The Labute approximate surface area is 105 Å². The number of nitrogen functional groups attached to an aromatic ring is 1. The number of benzene rings is 1. The van der Waals surface area contributed by atoms with Crippen LogP contribution in [0.4, 0.5) is 5.69 Å². The number of carboxylic acids is 1. The minimum Gasteiger partial charge on any atom is -0.491 e. The topological polar surface area (TPSA) is 91.0 Å². The Kier molecular flexibility index (Phi) is 5.96. The number of anilines is 1. The molecule has 18 heavy (non-hydrogen) atoms. The number of methoxy groups -OCH3 is 1. The molecule has 1 rings (SSSR count). The molecule has 0 bridgehead atoms. The van der Waals surface area contributed by atoms with Crippen molar-refractivity contribution in [1.29, 1.82) is 0 Å². The fraction of sp³-hybridized carbons (Fsp3) is 0.417. The van der Waals surface area contributed by atoms with Crippen LogP contribution in [0.5, 0.6) is 5.75 Å². The van der Waals surface area contributed by atoms with Gasteiger partial charge in [0.15, 0.2) is 0 Å². The number of hydrogen-bond donors (Lipinski definition) is 2. The molecule has 1 aromatic rings. The van der Waals surface area contributed by atoms with E-state index in [4.69, 9.17) is 25.1 Å². The van der Waals surface area contributed by atoms with Gasteiger partial charge < -0.3 is 25.1 Å². The first-order chi connectivity index (χ1) is 8.65. The molecule has 3 N–H and O–H groups in total. The zero-order chi connectivity index (χ0) is 13.4. The van der Waals surface area contributed by atoms with Gasteiger partial charge in [0.05, 0.1) is 25.4 Å². The van der Waals surface area contributed by atoms with E-state index in [1.807, 2.05) is 0 Å². The van der Waals surface area contributed by atoms with Crippen molar-refractivity contribution >= 4 is 11.7 Å². The van der Waals surface area contributed by atoms with Gasteiger partial charge in [0.25, 0.3) is 0 Å². The van der Waals surface area contributed by atoms with Crippen LogP contribution >= 0.6 is 0 Å². The standard InChI is InChI=1S/C12H17NO5/c1-16-4-5-17-6-7-18-9-2-3-10(12(14)15)11(13)8-9/h2-3,8H,4-7,13H2,1H3,(H,14,15). The minimum absolute atomic E-state index is 0.0682. The SMILES string of the molecule is COCCOCCOc1ccc(C(=O)O)c(N)c1. The van der Waals surface area contributed by atoms with Crippen molar-refractivity contribution < 1.29 is 24.1 Å². The van der Waals surface area contributed by atoms with Crippen LogP contribution in [0.2, 0.25) is 0 Å². The van der Waals surface area contributed by atoms with Gasteiger partial charge in [0.2, 0.25) is 0 Å². The summed E-state index contributed by atoms with van der Waals surface area (Å²) in [5.74, 6) is -0.533. The van der Waals surface area contributed by atoms with Gasteiger partial charge in [-0.2, -0.15) is 0 Å². The average Bonchev–Trinajstić information content (AvgIpc) is 2.33. The number of carboxylic acid groups (broad SMARTS) is 1. The van der Waals surface area contributed by atoms with Crippen molar-refractivity contribution in [3.63, 3.8) is 0 Å². The molecule has 0 aromatic heterocycles. The molecule has 0 heterocycles. The third kappa shape index (κ3) is 4.60. The zero-order valence-corrected chi connectivity index (χ0v) is 10.2. The van der Waals surface area contributed by atoms with E-state index in [0.29, 0.717) is 32.2 Å². The maximum Gasteiger partial charge on any atom is 0.337 e. The van der Waals surface area contributed by atoms with Crippen molar-refractivity contribution in [2.24, 2.45) is 0 Å². The molecular formula is C12H17NO5. The Morgan fingerprint density at radius 2 is 2.00 bits per heavy atom. The number of aromatic carboxylic acids is 1. The summed E-state index contributed by atoms with van der Waals surface area (Å²) >= 11 is 0. The fourth-order valence-corrected chi connectivity index (χ4v) is 1.29. The van der Waals surface area contributed by atoms with E-state index < -0.39 is 5.97 Å². The van der Waals surface area contributed by atoms with Crippen LogP contribution in [0.25, 0.3) is 0 Å². The largest absolute Gasteiger partial charge is 0.491 e. The molecule has 100 valence electrons. The molecule has 0 aliphatic rings. The summed E-state index contributed by atoms with van der Waals surface area (Å²) in [6.45, 7) is 1.86. The van der Waals surface area contributed by atoms with Gasteiger partial charge in [0.1, 0.15) is 12.4 Å². The number of carbonyl (C=O) groups is 1. The first-order valence-electron chi connectivity index (χ1n) is 5.47. The predicted molar refractivity (Wildman–Crippen MR) is 66.0 cm³/mol. The normalized spacial score (nSPS) is 10.3. The van der Waals surface area contributed by atoms with E-state index in [1.54, 1.807) is 13.2 Å². The first-order valence-corrected chi connectivity index (χ1v) is 5.47. The van der Waals surface area contributed by atoms with Gasteiger partial charge in [-0.25, -0.2) is 4.79 Å². The second kappa shape index (κ2) is 7.52. The Bertz CT molecular complexity index is 394. The molecule has 0 spiro atoms. The highest BCUT2D eigenvalue weighted by Crippen LogP contribution is 2.19. The molecule has 0 saturated carbocycles. The first kappa shape index (κ1) is 14.3. The predicted octanol–water partition coefficient (Wildman–Crippen LogP) is 1.01. The third-order valence-corrected chi connectivity index (χ3v) is 2.18. The van der Waals surface area contributed by atoms with E-state index in [-0.39, 0.29) is 11.3 Å². The quantitative estimate of drug-likeness (QED) is 0.532. The van der Waals surface area contributed by atoms with Gasteiger partial charge in [-0.1, -0.05) is 0 Å². The molecule has 0 unspecified atom stereocenters. The molecule has 0 atom stereocenters. The second-order valence-corrected chi connectivity index (χ2v) is 3.51. The van der Waals surface area contributed by atoms with Gasteiger partial charge in [-0.05, 0) is 12.1 Å². The van der Waals surface area contributed by atoms with E-state index in [1.165, 1.54) is 12.1 Å². The monoisotopic (exact) mass is 255 g/mol. The Hall–Kier alpha value is -1.79. The van der Waals surface area contributed by atoms with E-state index >= 15 is 0 Å². The van der Waals surface area contributed by atoms with Crippen molar-refractivity contribution in [2.45, 2.75) is 0 Å². The highest BCUT2D eigenvalue weighted by molar-refractivity contribution is 5.93. The highest BCUT2D eigenvalue weighted by Gasteiger charge is 2.08. The summed E-state index contributed by atoms with van der Waals surface area (Å²) < 4.78 is 15.4. The maximum absolute atomic E-state index is 10.7. The van der Waals surface area contributed by atoms with Crippen molar-refractivity contribution in [2.75, 3.05) is 39.3 Å². The lowest BCUT2D eigenvalue weighted by Crippen LogP contribution is -2.10. The summed E-state index contributed by atoms with van der Waals surface area (Å²) in [6.07, 6.45) is 0. The molecule has 0 radical (unpaired) electrons. The molecule has 0 saturated heterocycles. The lowest BCUT2D eigenvalue weighted by Gasteiger charge is -2.08. The second-order valence-electron chi connectivity index (χ2n) is 3.51. The average molecular weight is 255 g/mol. The summed E-state index contributed by atoms with van der Waals surface area (Å²) in [7, 11) is 1.60. The fourth-order valence-electron chi connectivity index (χ4n) is 1.29. The summed E-state index contributed by atoms with van der Waals surface area (Å²) in [5, 5.41) is 8.80. The molecule has 6 nitrogen and oxygen atoms in total. The van der Waals surface area contributed by atoms with Crippen LogP contribution in [0.15, 0.2) is 18.2 Å². The lowest BCUT2D eigenvalue weighted by atomic mass is 10.2. The number of nitrogens with two attached hydrogens (primary N) is 1. The van der Waals surface area contributed by atoms with Gasteiger partial charge in [0, 0.05) is 18.9 Å². The van der Waals surface area contributed by atoms with Crippen LogP contribution in [0, 0.1) is 0 Å². The molecule has 0 aliphatic heterocycles. The van der Waals surface area contributed by atoms with Crippen LogP contribution in [0.3, 0.4) is 0 Å². The van der Waals surface area contributed by atoms with Gasteiger partial charge in [-0.3, -0.25) is 0 Å². The van der Waals surface area contributed by atoms with Gasteiger partial charge in [-0.15, -0.1) is 0 Å². The Morgan fingerprint density at radius 1 is 1.28 bits per heavy atom. The Balaban J connectivity index is 2.35. The van der Waals surface area contributed by atoms with E-state index in [2.05, 4.69) is 0 Å². The minimum atomic E-state index is -1.05. The van der Waals surface area contributed by atoms with E-state index in [0.717, 1.165) is 0 Å². The molecule has 0 aliphatic carbocycles. The van der Waals surface area contributed by atoms with Crippen molar-refractivity contribution in [1.82, 2.24) is 0 Å². The molecule has 1 aromatic carbocycles. The van der Waals surface area contributed by atoms with Crippen LogP contribution in [-0.4, -0.2) is 44.6 Å². The number of hydrogen-bond acceptors (Lipinski definition) is 5. The van der Waals surface area contributed by atoms with Crippen LogP contribution in [-0.2, 0) is 9.47 Å². The summed E-state index contributed by atoms with van der Waals surface area (Å²) in [5.41, 5.74) is 5.83. The smallest absolute Gasteiger partial charge is 0.337 e. The molecular weight excluding hydrogens is 238 g/mol. The maximum atomic E-state index is 10.7.